The molecule has 2 aliphatic carbocycles. The Morgan fingerprint density at radius 2 is 2.00 bits per heavy atom. The minimum atomic E-state index is 0.127. The molecule has 2 aliphatic rings. The molecule has 0 aromatic rings. The smallest absolute Gasteiger partial charge is 0.0617 e. The average Bonchev–Trinajstić information content (AvgIpc) is 2.88. The first-order valence-corrected chi connectivity index (χ1v) is 8.49. The van der Waals surface area contributed by atoms with E-state index in [0.29, 0.717) is 11.3 Å². The highest BCUT2D eigenvalue weighted by Crippen LogP contribution is 2.64. The quantitative estimate of drug-likeness (QED) is 0.551. The molecule has 0 saturated heterocycles. The molecule has 0 bridgehead atoms. The standard InChI is InChI=1S/C20H32O/c1-15(2)20-11-6-7-18(20)19(5,17(4)9-13-20)12-8-16(3)10-14-21/h8,10,12,17-18,21H,1,6-7,9,11,13-14H2,2-5H3/b12-8-,16-10+. The van der Waals surface area contributed by atoms with E-state index in [2.05, 4.69) is 46.4 Å². The second-order valence-corrected chi connectivity index (χ2v) is 7.65. The Hall–Kier alpha value is -0.820. The molecule has 2 fully saturated rings. The first-order chi connectivity index (χ1) is 9.86. The molecule has 0 aromatic carbocycles. The Labute approximate surface area is 130 Å². The van der Waals surface area contributed by atoms with E-state index in [4.69, 9.17) is 5.11 Å². The second kappa shape index (κ2) is 6.12. The monoisotopic (exact) mass is 288 g/mol. The van der Waals surface area contributed by atoms with Gasteiger partial charge in [0.25, 0.3) is 0 Å². The Bertz CT molecular complexity index is 458. The average molecular weight is 288 g/mol. The summed E-state index contributed by atoms with van der Waals surface area (Å²) in [5.41, 5.74) is 3.19. The minimum absolute atomic E-state index is 0.127. The lowest BCUT2D eigenvalue weighted by Gasteiger charge is -2.53. The normalized spacial score (nSPS) is 40.5. The van der Waals surface area contributed by atoms with E-state index >= 15 is 0 Å². The summed E-state index contributed by atoms with van der Waals surface area (Å²) in [6.07, 6.45) is 13.2. The molecule has 2 saturated carbocycles. The number of aliphatic hydroxyl groups is 1. The molecule has 0 aliphatic heterocycles. The van der Waals surface area contributed by atoms with Gasteiger partial charge in [0.2, 0.25) is 0 Å². The highest BCUT2D eigenvalue weighted by Gasteiger charge is 2.55. The molecular weight excluding hydrogens is 256 g/mol. The lowest BCUT2D eigenvalue weighted by Crippen LogP contribution is -2.46. The fraction of sp³-hybridized carbons (Fsp3) is 0.700. The van der Waals surface area contributed by atoms with Gasteiger partial charge in [0.05, 0.1) is 6.61 Å². The zero-order valence-corrected chi connectivity index (χ0v) is 14.3. The van der Waals surface area contributed by atoms with E-state index in [1.807, 2.05) is 6.08 Å². The number of fused-ring (bicyclic) bond motifs is 1. The van der Waals surface area contributed by atoms with E-state index in [0.717, 1.165) is 11.5 Å². The van der Waals surface area contributed by atoms with Crippen LogP contribution >= 0.6 is 0 Å². The maximum atomic E-state index is 9.03. The van der Waals surface area contributed by atoms with Crippen molar-refractivity contribution in [3.8, 4) is 0 Å². The van der Waals surface area contributed by atoms with E-state index in [9.17, 15) is 0 Å². The van der Waals surface area contributed by atoms with Crippen LogP contribution in [-0.4, -0.2) is 11.7 Å². The minimum Gasteiger partial charge on any atom is -0.392 e. The molecule has 1 heteroatoms. The number of hydrogen-bond donors (Lipinski definition) is 1. The van der Waals surface area contributed by atoms with Crippen LogP contribution in [0.5, 0.6) is 0 Å². The van der Waals surface area contributed by atoms with Crippen LogP contribution in [0.25, 0.3) is 0 Å². The first kappa shape index (κ1) is 16.5. The van der Waals surface area contributed by atoms with Gasteiger partial charge in [-0.1, -0.05) is 56.2 Å². The van der Waals surface area contributed by atoms with Gasteiger partial charge in [-0.05, 0) is 62.2 Å². The number of aliphatic hydroxyl groups excluding tert-OH is 1. The van der Waals surface area contributed by atoms with Crippen LogP contribution in [0.4, 0.5) is 0 Å². The fourth-order valence-electron chi connectivity index (χ4n) is 4.93. The maximum Gasteiger partial charge on any atom is 0.0617 e. The van der Waals surface area contributed by atoms with Crippen LogP contribution in [-0.2, 0) is 0 Å². The van der Waals surface area contributed by atoms with Gasteiger partial charge >= 0.3 is 0 Å². The molecule has 4 atom stereocenters. The van der Waals surface area contributed by atoms with Crippen molar-refractivity contribution in [3.63, 3.8) is 0 Å². The molecule has 2 rings (SSSR count). The molecule has 1 nitrogen and oxygen atoms in total. The SMILES string of the molecule is C=C(C)C12CCCC1C(C)(/C=C\C(C)=C\CO)C(C)CC2. The van der Waals surface area contributed by atoms with Crippen LogP contribution in [0.15, 0.2) is 36.0 Å². The second-order valence-electron chi connectivity index (χ2n) is 7.65. The van der Waals surface area contributed by atoms with Crippen molar-refractivity contribution in [1.29, 1.82) is 0 Å². The van der Waals surface area contributed by atoms with Gasteiger partial charge in [-0.2, -0.15) is 0 Å². The van der Waals surface area contributed by atoms with E-state index in [1.165, 1.54) is 37.7 Å². The van der Waals surface area contributed by atoms with Crippen molar-refractivity contribution in [3.05, 3.63) is 36.0 Å². The Morgan fingerprint density at radius 1 is 1.29 bits per heavy atom. The summed E-state index contributed by atoms with van der Waals surface area (Å²) in [5, 5.41) is 9.03. The number of rotatable bonds is 4. The number of hydrogen-bond acceptors (Lipinski definition) is 1. The predicted octanol–water partition coefficient (Wildman–Crippen LogP) is 5.28. The lowest BCUT2D eigenvalue weighted by atomic mass is 9.51. The predicted molar refractivity (Wildman–Crippen MR) is 91.1 cm³/mol. The lowest BCUT2D eigenvalue weighted by molar-refractivity contribution is 0.0165. The molecule has 0 heterocycles. The zero-order valence-electron chi connectivity index (χ0n) is 14.3. The molecule has 0 spiro atoms. The maximum absolute atomic E-state index is 9.03. The third-order valence-electron chi connectivity index (χ3n) is 6.59. The summed E-state index contributed by atoms with van der Waals surface area (Å²) in [4.78, 5) is 0. The summed E-state index contributed by atoms with van der Waals surface area (Å²) in [6, 6.07) is 0. The molecule has 4 unspecified atom stereocenters. The topological polar surface area (TPSA) is 20.2 Å². The molecule has 118 valence electrons. The van der Waals surface area contributed by atoms with Crippen molar-refractivity contribution < 1.29 is 5.11 Å². The number of allylic oxidation sites excluding steroid dienone is 4. The van der Waals surface area contributed by atoms with Crippen molar-refractivity contribution >= 4 is 0 Å². The van der Waals surface area contributed by atoms with E-state index in [-0.39, 0.29) is 12.0 Å². The van der Waals surface area contributed by atoms with Gasteiger partial charge in [-0.3, -0.25) is 0 Å². The Balaban J connectivity index is 2.35. The first-order valence-electron chi connectivity index (χ1n) is 8.49. The van der Waals surface area contributed by atoms with Crippen molar-refractivity contribution in [1.82, 2.24) is 0 Å². The molecule has 0 aromatic heterocycles. The van der Waals surface area contributed by atoms with Crippen molar-refractivity contribution in [2.45, 2.75) is 59.8 Å². The summed E-state index contributed by atoms with van der Waals surface area (Å²) in [6.45, 7) is 13.7. The van der Waals surface area contributed by atoms with Crippen molar-refractivity contribution in [2.24, 2.45) is 22.7 Å². The Kier molecular flexibility index (Phi) is 4.82. The molecule has 1 N–H and O–H groups in total. The van der Waals surface area contributed by atoms with Gasteiger partial charge in [-0.15, -0.1) is 0 Å². The van der Waals surface area contributed by atoms with E-state index < -0.39 is 0 Å². The van der Waals surface area contributed by atoms with Gasteiger partial charge in [0, 0.05) is 0 Å². The fourth-order valence-corrected chi connectivity index (χ4v) is 4.93. The van der Waals surface area contributed by atoms with Gasteiger partial charge in [0.15, 0.2) is 0 Å². The van der Waals surface area contributed by atoms with E-state index in [1.54, 1.807) is 0 Å². The summed E-state index contributed by atoms with van der Waals surface area (Å²) in [7, 11) is 0. The summed E-state index contributed by atoms with van der Waals surface area (Å²) >= 11 is 0. The summed E-state index contributed by atoms with van der Waals surface area (Å²) in [5.74, 6) is 1.44. The largest absolute Gasteiger partial charge is 0.392 e. The van der Waals surface area contributed by atoms with Crippen LogP contribution in [0.3, 0.4) is 0 Å². The van der Waals surface area contributed by atoms with Crippen LogP contribution < -0.4 is 0 Å². The van der Waals surface area contributed by atoms with Crippen LogP contribution in [0, 0.1) is 22.7 Å². The molecule has 0 amide bonds. The third-order valence-corrected chi connectivity index (χ3v) is 6.59. The highest BCUT2D eigenvalue weighted by molar-refractivity contribution is 5.25. The van der Waals surface area contributed by atoms with Crippen LogP contribution in [0.2, 0.25) is 0 Å². The summed E-state index contributed by atoms with van der Waals surface area (Å²) < 4.78 is 0. The van der Waals surface area contributed by atoms with Gasteiger partial charge in [-0.25, -0.2) is 0 Å². The third kappa shape index (κ3) is 2.77. The zero-order chi connectivity index (χ0) is 15.7. The van der Waals surface area contributed by atoms with Gasteiger partial charge < -0.3 is 5.11 Å². The van der Waals surface area contributed by atoms with Crippen molar-refractivity contribution in [2.75, 3.05) is 6.61 Å². The highest BCUT2D eigenvalue weighted by atomic mass is 16.2. The molecule has 21 heavy (non-hydrogen) atoms. The Morgan fingerprint density at radius 3 is 2.62 bits per heavy atom. The molecule has 0 radical (unpaired) electrons. The molecular formula is C20H32O. The van der Waals surface area contributed by atoms with Gasteiger partial charge in [0.1, 0.15) is 0 Å². The van der Waals surface area contributed by atoms with Crippen LogP contribution in [0.1, 0.15) is 59.8 Å².